The van der Waals surface area contributed by atoms with E-state index < -0.39 is 0 Å². The predicted molar refractivity (Wildman–Crippen MR) is 56.9 cm³/mol. The largest absolute Gasteiger partial charge is 0.371 e. The highest BCUT2D eigenvalue weighted by Gasteiger charge is 2.26. The van der Waals surface area contributed by atoms with E-state index in [1.54, 1.807) is 6.07 Å². The number of aromatic nitrogens is 2. The quantitative estimate of drug-likeness (QED) is 0.820. The van der Waals surface area contributed by atoms with Crippen molar-refractivity contribution in [3.05, 3.63) is 27.9 Å². The van der Waals surface area contributed by atoms with E-state index in [-0.39, 0.29) is 11.7 Å². The van der Waals surface area contributed by atoms with Gasteiger partial charge in [0.15, 0.2) is 0 Å². The lowest BCUT2D eigenvalue weighted by Gasteiger charge is -2.11. The van der Waals surface area contributed by atoms with Crippen molar-refractivity contribution in [2.45, 2.75) is 38.7 Å². The average molecular weight is 208 g/mol. The fraction of sp³-hybridized carbons (Fsp3) is 0.636. The summed E-state index contributed by atoms with van der Waals surface area (Å²) < 4.78 is 5.41. The first-order chi connectivity index (χ1) is 7.20. The van der Waals surface area contributed by atoms with Crippen molar-refractivity contribution in [2.75, 3.05) is 6.61 Å². The van der Waals surface area contributed by atoms with E-state index in [0.717, 1.165) is 18.5 Å². The smallest absolute Gasteiger partial charge is 0.251 e. The summed E-state index contributed by atoms with van der Waals surface area (Å²) in [5.74, 6) is 1.14. The Balaban J connectivity index is 2.26. The Morgan fingerprint density at radius 3 is 3.00 bits per heavy atom. The molecule has 0 amide bonds. The van der Waals surface area contributed by atoms with Crippen molar-refractivity contribution in [2.24, 2.45) is 0 Å². The second-order valence-corrected chi connectivity index (χ2v) is 3.93. The molecule has 1 fully saturated rings. The molecule has 1 aromatic heterocycles. The Labute approximate surface area is 88.7 Å². The van der Waals surface area contributed by atoms with Gasteiger partial charge in [-0.3, -0.25) is 4.79 Å². The van der Waals surface area contributed by atoms with Gasteiger partial charge in [-0.1, -0.05) is 0 Å². The molecule has 0 bridgehead atoms. The molecule has 1 aromatic rings. The lowest BCUT2D eigenvalue weighted by Crippen LogP contribution is -2.15. The van der Waals surface area contributed by atoms with Crippen LogP contribution in [0.1, 0.15) is 50.2 Å². The van der Waals surface area contributed by atoms with Crippen LogP contribution in [0.2, 0.25) is 0 Å². The highest BCUT2D eigenvalue weighted by Crippen LogP contribution is 2.38. The summed E-state index contributed by atoms with van der Waals surface area (Å²) in [5, 5.41) is 0. The molecule has 4 nitrogen and oxygen atoms in total. The van der Waals surface area contributed by atoms with Crippen LogP contribution in [-0.2, 0) is 4.74 Å². The predicted octanol–water partition coefficient (Wildman–Crippen LogP) is 1.74. The molecular weight excluding hydrogens is 192 g/mol. The molecule has 82 valence electrons. The van der Waals surface area contributed by atoms with Crippen LogP contribution in [0.5, 0.6) is 0 Å². The van der Waals surface area contributed by atoms with Crippen LogP contribution < -0.4 is 5.56 Å². The van der Waals surface area contributed by atoms with Crippen LogP contribution in [0.15, 0.2) is 10.9 Å². The molecule has 1 saturated carbocycles. The van der Waals surface area contributed by atoms with Crippen LogP contribution in [0, 0.1) is 0 Å². The van der Waals surface area contributed by atoms with Crippen molar-refractivity contribution in [3.8, 4) is 0 Å². The zero-order valence-corrected chi connectivity index (χ0v) is 9.12. The van der Waals surface area contributed by atoms with Crippen molar-refractivity contribution in [3.63, 3.8) is 0 Å². The normalized spacial score (nSPS) is 17.7. The van der Waals surface area contributed by atoms with Gasteiger partial charge in [0.05, 0.1) is 5.69 Å². The second-order valence-electron chi connectivity index (χ2n) is 3.93. The van der Waals surface area contributed by atoms with E-state index in [1.807, 2.05) is 13.8 Å². The Morgan fingerprint density at radius 2 is 2.40 bits per heavy atom. The lowest BCUT2D eigenvalue weighted by molar-refractivity contribution is 0.0697. The van der Waals surface area contributed by atoms with Crippen LogP contribution in [0.25, 0.3) is 0 Å². The fourth-order valence-corrected chi connectivity index (χ4v) is 1.61. The van der Waals surface area contributed by atoms with Gasteiger partial charge in [0.2, 0.25) is 0 Å². The van der Waals surface area contributed by atoms with Crippen LogP contribution >= 0.6 is 0 Å². The third kappa shape index (κ3) is 2.45. The van der Waals surface area contributed by atoms with Crippen LogP contribution in [-0.4, -0.2) is 16.6 Å². The Kier molecular flexibility index (Phi) is 2.86. The minimum Gasteiger partial charge on any atom is -0.371 e. The highest BCUT2D eigenvalue weighted by atomic mass is 16.5. The first kappa shape index (κ1) is 10.4. The molecule has 1 aliphatic carbocycles. The number of hydrogen-bond acceptors (Lipinski definition) is 3. The molecular formula is C11H16N2O2. The van der Waals surface area contributed by atoms with E-state index in [0.29, 0.717) is 18.3 Å². The maximum atomic E-state index is 11.4. The molecule has 0 spiro atoms. The summed E-state index contributed by atoms with van der Waals surface area (Å²) in [6.07, 6.45) is 2.17. The monoisotopic (exact) mass is 208 g/mol. The number of hydrogen-bond donors (Lipinski definition) is 1. The molecule has 0 radical (unpaired) electrons. The molecule has 1 heterocycles. The molecule has 0 saturated heterocycles. The molecule has 1 aliphatic rings. The third-order valence-electron chi connectivity index (χ3n) is 2.58. The average Bonchev–Trinajstić information content (AvgIpc) is 3.00. The minimum absolute atomic E-state index is 0.0755. The van der Waals surface area contributed by atoms with Crippen molar-refractivity contribution in [1.82, 2.24) is 9.97 Å². The van der Waals surface area contributed by atoms with Crippen LogP contribution in [0.3, 0.4) is 0 Å². The Morgan fingerprint density at radius 1 is 1.67 bits per heavy atom. The standard InChI is InChI=1S/C11H16N2O2/c1-3-15-7(2)11-12-9(8-4-5-8)6-10(14)13-11/h6-8H,3-5H2,1-2H3,(H,12,13,14). The maximum absolute atomic E-state index is 11.4. The molecule has 4 heteroatoms. The van der Waals surface area contributed by atoms with Crippen LogP contribution in [0.4, 0.5) is 0 Å². The van der Waals surface area contributed by atoms with Gasteiger partial charge in [0, 0.05) is 18.6 Å². The fourth-order valence-electron chi connectivity index (χ4n) is 1.61. The molecule has 0 aromatic carbocycles. The van der Waals surface area contributed by atoms with Gasteiger partial charge in [0.25, 0.3) is 5.56 Å². The zero-order chi connectivity index (χ0) is 10.8. The topological polar surface area (TPSA) is 55.0 Å². The molecule has 1 unspecified atom stereocenters. The molecule has 0 aliphatic heterocycles. The number of nitrogens with one attached hydrogen (secondary N) is 1. The summed E-state index contributed by atoms with van der Waals surface area (Å²) in [4.78, 5) is 18.6. The third-order valence-corrected chi connectivity index (χ3v) is 2.58. The first-order valence-electron chi connectivity index (χ1n) is 5.43. The maximum Gasteiger partial charge on any atom is 0.251 e. The number of rotatable bonds is 4. The number of aromatic amines is 1. The first-order valence-corrected chi connectivity index (χ1v) is 5.43. The molecule has 1 atom stereocenters. The number of ether oxygens (including phenoxy) is 1. The summed E-state index contributed by atoms with van der Waals surface area (Å²) in [5.41, 5.74) is 0.841. The molecule has 2 rings (SSSR count). The SMILES string of the molecule is CCOC(C)c1nc(C2CC2)cc(=O)[nH]1. The Hall–Kier alpha value is -1.16. The zero-order valence-electron chi connectivity index (χ0n) is 9.12. The lowest BCUT2D eigenvalue weighted by atomic mass is 10.2. The minimum atomic E-state index is -0.138. The number of nitrogens with zero attached hydrogens (tertiary/aromatic N) is 1. The van der Waals surface area contributed by atoms with Gasteiger partial charge < -0.3 is 9.72 Å². The molecule has 15 heavy (non-hydrogen) atoms. The number of H-pyrrole nitrogens is 1. The van der Waals surface area contributed by atoms with Crippen molar-refractivity contribution in [1.29, 1.82) is 0 Å². The van der Waals surface area contributed by atoms with E-state index in [1.165, 1.54) is 0 Å². The summed E-state index contributed by atoms with van der Waals surface area (Å²) >= 11 is 0. The summed E-state index contributed by atoms with van der Waals surface area (Å²) in [6.45, 7) is 4.45. The second kappa shape index (κ2) is 4.14. The van der Waals surface area contributed by atoms with Gasteiger partial charge in [0.1, 0.15) is 11.9 Å². The van der Waals surface area contributed by atoms with Crippen molar-refractivity contribution >= 4 is 0 Å². The Bertz CT molecular complexity index is 396. The van der Waals surface area contributed by atoms with Gasteiger partial charge >= 0.3 is 0 Å². The van der Waals surface area contributed by atoms with E-state index in [9.17, 15) is 4.79 Å². The van der Waals surface area contributed by atoms with Gasteiger partial charge in [-0.2, -0.15) is 0 Å². The summed E-state index contributed by atoms with van der Waals surface area (Å²) in [6, 6.07) is 1.60. The molecule has 1 N–H and O–H groups in total. The van der Waals surface area contributed by atoms with E-state index >= 15 is 0 Å². The van der Waals surface area contributed by atoms with E-state index in [2.05, 4.69) is 9.97 Å². The van der Waals surface area contributed by atoms with Gasteiger partial charge in [-0.05, 0) is 26.7 Å². The highest BCUT2D eigenvalue weighted by molar-refractivity contribution is 5.14. The van der Waals surface area contributed by atoms with Crippen molar-refractivity contribution < 1.29 is 4.74 Å². The van der Waals surface area contributed by atoms with E-state index in [4.69, 9.17) is 4.74 Å². The van der Waals surface area contributed by atoms with Gasteiger partial charge in [-0.15, -0.1) is 0 Å². The summed E-state index contributed by atoms with van der Waals surface area (Å²) in [7, 11) is 0. The van der Waals surface area contributed by atoms with Gasteiger partial charge in [-0.25, -0.2) is 4.98 Å².